The molecule has 0 aliphatic heterocycles. The molecule has 0 radical (unpaired) electrons. The quantitative estimate of drug-likeness (QED) is 0.829. The lowest BCUT2D eigenvalue weighted by Gasteiger charge is -2.15. The smallest absolute Gasteiger partial charge is 0.233 e. The molecule has 3 N–H and O–H groups in total. The highest BCUT2D eigenvalue weighted by Crippen LogP contribution is 2.25. The molecule has 0 spiro atoms. The fourth-order valence-electron chi connectivity index (χ4n) is 1.81. The summed E-state index contributed by atoms with van der Waals surface area (Å²) in [5.41, 5.74) is 7.03. The van der Waals surface area contributed by atoms with E-state index in [0.29, 0.717) is 5.69 Å². The molecular formula is C14H13BrClN3O. The summed E-state index contributed by atoms with van der Waals surface area (Å²) in [7, 11) is 0. The highest BCUT2D eigenvalue weighted by atomic mass is 79.9. The Bertz CT molecular complexity index is 607. The molecule has 0 saturated heterocycles. The van der Waals surface area contributed by atoms with Crippen LogP contribution in [0.15, 0.2) is 47.1 Å². The Hall–Kier alpha value is -1.43. The average molecular weight is 355 g/mol. The number of halogens is 2. The normalized spacial score (nSPS) is 11.9. The Morgan fingerprint density at radius 3 is 2.75 bits per heavy atom. The number of nitrogens with zero attached hydrogens (tertiary/aromatic N) is 1. The van der Waals surface area contributed by atoms with Gasteiger partial charge in [-0.15, -0.1) is 0 Å². The monoisotopic (exact) mass is 353 g/mol. The second kappa shape index (κ2) is 6.83. The van der Waals surface area contributed by atoms with Gasteiger partial charge in [-0.2, -0.15) is 0 Å². The number of pyridine rings is 1. The van der Waals surface area contributed by atoms with E-state index in [-0.39, 0.29) is 17.6 Å². The minimum atomic E-state index is -0.425. The molecule has 6 heteroatoms. The van der Waals surface area contributed by atoms with Gasteiger partial charge in [0.2, 0.25) is 5.91 Å². The third-order valence-corrected chi connectivity index (χ3v) is 3.55. The van der Waals surface area contributed by atoms with Crippen molar-refractivity contribution in [3.8, 4) is 0 Å². The van der Waals surface area contributed by atoms with Crippen LogP contribution in [0.1, 0.15) is 11.5 Å². The van der Waals surface area contributed by atoms with Crippen LogP contribution in [0.25, 0.3) is 0 Å². The summed E-state index contributed by atoms with van der Waals surface area (Å²) >= 11 is 9.24. The van der Waals surface area contributed by atoms with Gasteiger partial charge in [0, 0.05) is 17.2 Å². The summed E-state index contributed by atoms with van der Waals surface area (Å²) in [6.45, 7) is 0.217. The van der Waals surface area contributed by atoms with Crippen molar-refractivity contribution in [3.63, 3.8) is 0 Å². The van der Waals surface area contributed by atoms with Crippen molar-refractivity contribution in [1.29, 1.82) is 0 Å². The summed E-state index contributed by atoms with van der Waals surface area (Å²) in [6.07, 6.45) is 1.57. The number of rotatable bonds is 4. The van der Waals surface area contributed by atoms with E-state index in [2.05, 4.69) is 26.2 Å². The number of carbonyl (C=O) groups excluding carboxylic acids is 1. The van der Waals surface area contributed by atoms with Crippen molar-refractivity contribution in [3.05, 3.63) is 57.8 Å². The van der Waals surface area contributed by atoms with Gasteiger partial charge in [0.25, 0.3) is 0 Å². The molecule has 20 heavy (non-hydrogen) atoms. The third-order valence-electron chi connectivity index (χ3n) is 2.82. The molecule has 0 aliphatic rings. The molecule has 0 fully saturated rings. The Kier molecular flexibility index (Phi) is 5.11. The van der Waals surface area contributed by atoms with Crippen molar-refractivity contribution in [2.24, 2.45) is 5.73 Å². The number of carbonyl (C=O) groups is 1. The van der Waals surface area contributed by atoms with Crippen LogP contribution in [-0.2, 0) is 4.79 Å². The molecular weight excluding hydrogens is 342 g/mol. The molecule has 0 bridgehead atoms. The van der Waals surface area contributed by atoms with Crippen LogP contribution in [-0.4, -0.2) is 17.4 Å². The van der Waals surface area contributed by atoms with Crippen molar-refractivity contribution in [2.45, 2.75) is 5.92 Å². The van der Waals surface area contributed by atoms with Gasteiger partial charge >= 0.3 is 0 Å². The van der Waals surface area contributed by atoms with Crippen LogP contribution < -0.4 is 11.1 Å². The van der Waals surface area contributed by atoms with Gasteiger partial charge in [-0.1, -0.05) is 41.9 Å². The van der Waals surface area contributed by atoms with E-state index >= 15 is 0 Å². The summed E-state index contributed by atoms with van der Waals surface area (Å²) < 4.78 is 0.737. The number of amides is 1. The van der Waals surface area contributed by atoms with Crippen LogP contribution >= 0.6 is 27.5 Å². The summed E-state index contributed by atoms with van der Waals surface area (Å²) in [4.78, 5) is 16.3. The fraction of sp³-hybridized carbons (Fsp3) is 0.143. The first-order chi connectivity index (χ1) is 9.61. The second-order valence-corrected chi connectivity index (χ2v) is 5.45. The zero-order valence-corrected chi connectivity index (χ0v) is 12.9. The van der Waals surface area contributed by atoms with E-state index in [1.54, 1.807) is 12.3 Å². The number of nitrogens with two attached hydrogens (primary N) is 1. The highest BCUT2D eigenvalue weighted by Gasteiger charge is 2.20. The molecule has 0 aliphatic carbocycles. The van der Waals surface area contributed by atoms with E-state index in [0.717, 1.165) is 10.0 Å². The molecule has 104 valence electrons. The lowest BCUT2D eigenvalue weighted by atomic mass is 9.98. The maximum absolute atomic E-state index is 12.3. The van der Waals surface area contributed by atoms with Gasteiger partial charge in [0.1, 0.15) is 0 Å². The van der Waals surface area contributed by atoms with E-state index in [1.165, 1.54) is 0 Å². The van der Waals surface area contributed by atoms with E-state index < -0.39 is 5.92 Å². The van der Waals surface area contributed by atoms with Gasteiger partial charge in [0.05, 0.1) is 11.6 Å². The Balaban J connectivity index is 2.20. The van der Waals surface area contributed by atoms with E-state index in [4.69, 9.17) is 17.3 Å². The highest BCUT2D eigenvalue weighted by molar-refractivity contribution is 9.10. The molecule has 1 atom stereocenters. The number of aromatic nitrogens is 1. The Morgan fingerprint density at radius 2 is 2.10 bits per heavy atom. The first kappa shape index (κ1) is 15.0. The molecule has 1 heterocycles. The minimum absolute atomic E-state index is 0.208. The zero-order valence-electron chi connectivity index (χ0n) is 10.5. The van der Waals surface area contributed by atoms with Crippen LogP contribution in [0.4, 0.5) is 5.69 Å². The number of nitrogens with one attached hydrogen (secondary N) is 1. The van der Waals surface area contributed by atoms with Gasteiger partial charge < -0.3 is 11.1 Å². The summed E-state index contributed by atoms with van der Waals surface area (Å²) in [5, 5.41) is 3.00. The molecule has 0 saturated carbocycles. The predicted octanol–water partition coefficient (Wildman–Crippen LogP) is 3.18. The van der Waals surface area contributed by atoms with Gasteiger partial charge in [-0.3, -0.25) is 4.79 Å². The molecule has 2 aromatic rings. The standard InChI is InChI=1S/C14H13BrClN3O/c15-10-6-12(13(16)18-8-10)19-14(20)11(7-17)9-4-2-1-3-5-9/h1-6,8,11H,7,17H2,(H,19,20). The van der Waals surface area contributed by atoms with Crippen LogP contribution in [0.5, 0.6) is 0 Å². The number of benzene rings is 1. The molecule has 4 nitrogen and oxygen atoms in total. The predicted molar refractivity (Wildman–Crippen MR) is 83.8 cm³/mol. The van der Waals surface area contributed by atoms with Crippen LogP contribution in [0, 0.1) is 0 Å². The SMILES string of the molecule is NCC(C(=O)Nc1cc(Br)cnc1Cl)c1ccccc1. The minimum Gasteiger partial charge on any atom is -0.329 e. The van der Waals surface area contributed by atoms with Crippen LogP contribution in [0.3, 0.4) is 0 Å². The summed E-state index contributed by atoms with van der Waals surface area (Å²) in [6, 6.07) is 11.1. The van der Waals surface area contributed by atoms with Crippen molar-refractivity contribution >= 4 is 39.1 Å². The van der Waals surface area contributed by atoms with Gasteiger partial charge in [0.15, 0.2) is 5.15 Å². The van der Waals surface area contributed by atoms with Crippen molar-refractivity contribution < 1.29 is 4.79 Å². The first-order valence-corrected chi connectivity index (χ1v) is 7.16. The van der Waals surface area contributed by atoms with Crippen LogP contribution in [0.2, 0.25) is 5.15 Å². The maximum Gasteiger partial charge on any atom is 0.233 e. The lowest BCUT2D eigenvalue weighted by molar-refractivity contribution is -0.117. The Morgan fingerprint density at radius 1 is 1.40 bits per heavy atom. The first-order valence-electron chi connectivity index (χ1n) is 5.98. The summed E-state index contributed by atoms with van der Waals surface area (Å²) in [5.74, 6) is -0.633. The molecule has 1 aromatic carbocycles. The van der Waals surface area contributed by atoms with E-state index in [1.807, 2.05) is 30.3 Å². The topological polar surface area (TPSA) is 68.0 Å². The molecule has 1 aromatic heterocycles. The van der Waals surface area contributed by atoms with Crippen molar-refractivity contribution in [1.82, 2.24) is 4.98 Å². The zero-order chi connectivity index (χ0) is 14.5. The molecule has 2 rings (SSSR count). The number of anilines is 1. The van der Waals surface area contributed by atoms with Gasteiger partial charge in [-0.05, 0) is 27.6 Å². The fourth-order valence-corrected chi connectivity index (χ4v) is 2.29. The largest absolute Gasteiger partial charge is 0.329 e. The third kappa shape index (κ3) is 3.56. The van der Waals surface area contributed by atoms with Gasteiger partial charge in [-0.25, -0.2) is 4.98 Å². The van der Waals surface area contributed by atoms with Crippen molar-refractivity contribution in [2.75, 3.05) is 11.9 Å². The number of hydrogen-bond acceptors (Lipinski definition) is 3. The lowest BCUT2D eigenvalue weighted by Crippen LogP contribution is -2.27. The average Bonchev–Trinajstić information content (AvgIpc) is 2.45. The van der Waals surface area contributed by atoms with E-state index in [9.17, 15) is 4.79 Å². The molecule has 1 amide bonds. The second-order valence-electron chi connectivity index (χ2n) is 4.18. The number of hydrogen-bond donors (Lipinski definition) is 2. The molecule has 1 unspecified atom stereocenters. The maximum atomic E-state index is 12.3. The Labute approximate surface area is 130 Å².